The van der Waals surface area contributed by atoms with Gasteiger partial charge in [-0.25, -0.2) is 4.68 Å². The Kier molecular flexibility index (Phi) is 3.40. The lowest BCUT2D eigenvalue weighted by atomic mass is 10.1. The van der Waals surface area contributed by atoms with Crippen LogP contribution in [0.2, 0.25) is 0 Å². The van der Waals surface area contributed by atoms with Crippen LogP contribution in [0.5, 0.6) is 0 Å². The van der Waals surface area contributed by atoms with Crippen molar-refractivity contribution in [3.63, 3.8) is 0 Å². The number of ketones is 1. The summed E-state index contributed by atoms with van der Waals surface area (Å²) in [5.41, 5.74) is 0.693. The minimum Gasteiger partial charge on any atom is -0.294 e. The van der Waals surface area contributed by atoms with Gasteiger partial charge in [0.15, 0.2) is 5.78 Å². The second-order valence-electron chi connectivity index (χ2n) is 4.44. The third-order valence-electron chi connectivity index (χ3n) is 2.88. The fraction of sp³-hybridized carbons (Fsp3) is 0.333. The number of hydrogen-bond donors (Lipinski definition) is 0. The fourth-order valence-electron chi connectivity index (χ4n) is 1.77. The van der Waals surface area contributed by atoms with Gasteiger partial charge in [-0.05, 0) is 60.2 Å². The maximum absolute atomic E-state index is 11.7. The number of benzene rings is 1. The monoisotopic (exact) mass is 338 g/mol. The molecule has 1 heterocycles. The van der Waals surface area contributed by atoms with Crippen LogP contribution in [0.3, 0.4) is 0 Å². The molecule has 2 aromatic rings. The molecule has 1 aliphatic carbocycles. The van der Waals surface area contributed by atoms with Crippen LogP contribution < -0.4 is 0 Å². The van der Waals surface area contributed by atoms with E-state index in [-0.39, 0.29) is 5.78 Å². The molecule has 0 unspecified atom stereocenters. The number of hydrogen-bond acceptors (Lipinski definition) is 5. The van der Waals surface area contributed by atoms with Gasteiger partial charge in [-0.3, -0.25) is 4.79 Å². The summed E-state index contributed by atoms with van der Waals surface area (Å²) in [4.78, 5) is 12.5. The molecular formula is C12H11BrN4OS. The first-order chi connectivity index (χ1) is 9.15. The number of aromatic nitrogens is 4. The Hall–Kier alpha value is -1.21. The van der Waals surface area contributed by atoms with Crippen LogP contribution in [0, 0.1) is 0 Å². The van der Waals surface area contributed by atoms with E-state index in [2.05, 4.69) is 31.5 Å². The average molecular weight is 339 g/mol. The SMILES string of the molecule is CC(=O)c1ccc(Br)cc1Sc1nnnn1C1CC1. The number of Topliss-reactive ketones (excluding diaryl/α,β-unsaturated/α-hetero) is 1. The van der Waals surface area contributed by atoms with Gasteiger partial charge in [0, 0.05) is 14.9 Å². The number of carbonyl (C=O) groups is 1. The Labute approximate surface area is 122 Å². The van der Waals surface area contributed by atoms with Gasteiger partial charge in [-0.15, -0.1) is 5.10 Å². The Morgan fingerprint density at radius 3 is 2.95 bits per heavy atom. The molecule has 0 radical (unpaired) electrons. The summed E-state index contributed by atoms with van der Waals surface area (Å²) < 4.78 is 2.78. The topological polar surface area (TPSA) is 60.7 Å². The molecule has 0 bridgehead atoms. The summed E-state index contributed by atoms with van der Waals surface area (Å²) in [6.07, 6.45) is 2.24. The van der Waals surface area contributed by atoms with Crippen molar-refractivity contribution < 1.29 is 4.79 Å². The molecule has 98 valence electrons. The van der Waals surface area contributed by atoms with Gasteiger partial charge in [0.1, 0.15) is 0 Å². The van der Waals surface area contributed by atoms with E-state index in [1.807, 2.05) is 22.9 Å². The summed E-state index contributed by atoms with van der Waals surface area (Å²) >= 11 is 4.86. The van der Waals surface area contributed by atoms with Gasteiger partial charge in [0.25, 0.3) is 0 Å². The highest BCUT2D eigenvalue weighted by atomic mass is 79.9. The number of rotatable bonds is 4. The van der Waals surface area contributed by atoms with Crippen molar-refractivity contribution in [2.24, 2.45) is 0 Å². The third-order valence-corrected chi connectivity index (χ3v) is 4.38. The van der Waals surface area contributed by atoms with E-state index >= 15 is 0 Å². The summed E-state index contributed by atoms with van der Waals surface area (Å²) in [6.45, 7) is 1.57. The van der Waals surface area contributed by atoms with Crippen molar-refractivity contribution >= 4 is 33.5 Å². The maximum Gasteiger partial charge on any atom is 0.214 e. The predicted octanol–water partition coefficient (Wildman–Crippen LogP) is 3.12. The Bertz CT molecular complexity index is 638. The minimum absolute atomic E-state index is 0.0421. The molecule has 1 fully saturated rings. The number of halogens is 1. The van der Waals surface area contributed by atoms with E-state index in [0.29, 0.717) is 11.6 Å². The summed E-state index contributed by atoms with van der Waals surface area (Å²) in [5, 5.41) is 12.5. The zero-order valence-corrected chi connectivity index (χ0v) is 12.6. The lowest BCUT2D eigenvalue weighted by Gasteiger charge is -2.07. The van der Waals surface area contributed by atoms with Crippen molar-refractivity contribution in [1.29, 1.82) is 0 Å². The molecule has 0 spiro atoms. The molecular weight excluding hydrogens is 328 g/mol. The fourth-order valence-corrected chi connectivity index (χ4v) is 3.34. The van der Waals surface area contributed by atoms with Crippen LogP contribution in [0.4, 0.5) is 0 Å². The smallest absolute Gasteiger partial charge is 0.214 e. The van der Waals surface area contributed by atoms with Crippen molar-refractivity contribution in [2.45, 2.75) is 35.9 Å². The first-order valence-electron chi connectivity index (χ1n) is 5.91. The third kappa shape index (κ3) is 2.71. The van der Waals surface area contributed by atoms with Crippen molar-refractivity contribution in [3.05, 3.63) is 28.2 Å². The normalized spacial score (nSPS) is 14.6. The lowest BCUT2D eigenvalue weighted by molar-refractivity contribution is 0.101. The van der Waals surface area contributed by atoms with E-state index < -0.39 is 0 Å². The first-order valence-corrected chi connectivity index (χ1v) is 7.52. The molecule has 1 aromatic carbocycles. The van der Waals surface area contributed by atoms with Crippen LogP contribution in [0.25, 0.3) is 0 Å². The molecule has 0 N–H and O–H groups in total. The van der Waals surface area contributed by atoms with Crippen LogP contribution >= 0.6 is 27.7 Å². The van der Waals surface area contributed by atoms with Gasteiger partial charge < -0.3 is 0 Å². The molecule has 1 saturated carbocycles. The predicted molar refractivity (Wildman–Crippen MR) is 74.4 cm³/mol. The molecule has 0 atom stereocenters. The summed E-state index contributed by atoms with van der Waals surface area (Å²) in [7, 11) is 0. The second-order valence-corrected chi connectivity index (χ2v) is 6.36. The Morgan fingerprint density at radius 2 is 2.26 bits per heavy atom. The largest absolute Gasteiger partial charge is 0.294 e. The molecule has 0 amide bonds. The zero-order chi connectivity index (χ0) is 13.4. The maximum atomic E-state index is 11.7. The zero-order valence-electron chi connectivity index (χ0n) is 10.2. The molecule has 19 heavy (non-hydrogen) atoms. The molecule has 0 saturated heterocycles. The second kappa shape index (κ2) is 5.05. The van der Waals surface area contributed by atoms with Gasteiger partial charge in [-0.2, -0.15) is 0 Å². The quantitative estimate of drug-likeness (QED) is 0.801. The highest BCUT2D eigenvalue weighted by molar-refractivity contribution is 9.10. The van der Waals surface area contributed by atoms with Crippen LogP contribution in [-0.4, -0.2) is 26.0 Å². The Balaban J connectivity index is 1.95. The van der Waals surface area contributed by atoms with E-state index in [4.69, 9.17) is 0 Å². The highest BCUT2D eigenvalue weighted by Crippen LogP contribution is 2.39. The van der Waals surface area contributed by atoms with E-state index in [1.54, 1.807) is 6.92 Å². The van der Waals surface area contributed by atoms with Crippen LogP contribution in [0.1, 0.15) is 36.2 Å². The van der Waals surface area contributed by atoms with Crippen molar-refractivity contribution in [2.75, 3.05) is 0 Å². The van der Waals surface area contributed by atoms with Gasteiger partial charge in [-0.1, -0.05) is 15.9 Å². The number of tetrazole rings is 1. The van der Waals surface area contributed by atoms with Crippen LogP contribution in [-0.2, 0) is 0 Å². The molecule has 7 heteroatoms. The molecule has 5 nitrogen and oxygen atoms in total. The van der Waals surface area contributed by atoms with Gasteiger partial charge in [0.05, 0.1) is 6.04 Å². The van der Waals surface area contributed by atoms with E-state index in [9.17, 15) is 4.79 Å². The molecule has 3 rings (SSSR count). The standard InChI is InChI=1S/C12H11BrN4OS/c1-7(18)10-5-2-8(13)6-11(10)19-12-14-15-16-17(12)9-3-4-9/h2,5-6,9H,3-4H2,1H3. The minimum atomic E-state index is 0.0421. The van der Waals surface area contributed by atoms with Crippen molar-refractivity contribution in [3.8, 4) is 0 Å². The molecule has 1 aromatic heterocycles. The van der Waals surface area contributed by atoms with Gasteiger partial charge >= 0.3 is 0 Å². The number of nitrogens with zero attached hydrogens (tertiary/aromatic N) is 4. The van der Waals surface area contributed by atoms with Crippen LogP contribution in [0.15, 0.2) is 32.7 Å². The molecule has 1 aliphatic rings. The average Bonchev–Trinajstić information content (AvgIpc) is 3.10. The Morgan fingerprint density at radius 1 is 1.47 bits per heavy atom. The van der Waals surface area contributed by atoms with E-state index in [1.165, 1.54) is 11.8 Å². The van der Waals surface area contributed by atoms with Gasteiger partial charge in [0.2, 0.25) is 5.16 Å². The highest BCUT2D eigenvalue weighted by Gasteiger charge is 2.28. The first kappa shape index (κ1) is 12.8. The summed E-state index contributed by atoms with van der Waals surface area (Å²) in [5.74, 6) is 0.0421. The van der Waals surface area contributed by atoms with E-state index in [0.717, 1.165) is 27.4 Å². The van der Waals surface area contributed by atoms with Crippen molar-refractivity contribution in [1.82, 2.24) is 20.2 Å². The summed E-state index contributed by atoms with van der Waals surface area (Å²) in [6, 6.07) is 6.03. The lowest BCUT2D eigenvalue weighted by Crippen LogP contribution is -2.00. The molecule has 0 aliphatic heterocycles. The number of carbonyl (C=O) groups excluding carboxylic acids is 1.